The Morgan fingerprint density at radius 2 is 1.79 bits per heavy atom. The van der Waals surface area contributed by atoms with Crippen LogP contribution in [0.5, 0.6) is 0 Å². The third-order valence-corrected chi connectivity index (χ3v) is 2.51. The van der Waals surface area contributed by atoms with Crippen LogP contribution in [0.3, 0.4) is 0 Å². The van der Waals surface area contributed by atoms with Crippen molar-refractivity contribution in [3.8, 4) is 0 Å². The number of rotatable bonds is 4. The lowest BCUT2D eigenvalue weighted by Gasteiger charge is -1.99. The summed E-state index contributed by atoms with van der Waals surface area (Å²) in [6, 6.07) is 10.1. The lowest BCUT2D eigenvalue weighted by atomic mass is 10.4. The molecule has 0 atom stereocenters. The van der Waals surface area contributed by atoms with Gasteiger partial charge < -0.3 is 0 Å². The third kappa shape index (κ3) is 4.40. The molecule has 0 N–H and O–H groups in total. The van der Waals surface area contributed by atoms with Crippen LogP contribution in [0.15, 0.2) is 70.3 Å². The van der Waals surface area contributed by atoms with Gasteiger partial charge >= 0.3 is 0 Å². The van der Waals surface area contributed by atoms with Crippen LogP contribution < -0.4 is 0 Å². The van der Waals surface area contributed by atoms with Gasteiger partial charge in [0.2, 0.25) is 0 Å². The minimum absolute atomic E-state index is 0.736. The van der Waals surface area contributed by atoms with Crippen LogP contribution in [0, 0.1) is 0 Å². The average molecular weight is 220 g/mol. The zero-order chi connectivity index (χ0) is 10.4. The lowest BCUT2D eigenvalue weighted by Crippen LogP contribution is -1.70. The molecule has 14 heavy (non-hydrogen) atoms. The van der Waals surface area contributed by atoms with Crippen molar-refractivity contribution in [1.82, 2.24) is 0 Å². The summed E-state index contributed by atoms with van der Waals surface area (Å²) in [7, 11) is 0. The smallest absolute Gasteiger partial charge is 0.0122 e. The van der Waals surface area contributed by atoms with Gasteiger partial charge in [0.05, 0.1) is 0 Å². The normalized spacial score (nSPS) is 10.4. The molecule has 1 aromatic rings. The standard InChI is InChI=1S/C12H12S2/c1-10(13)8-9-11(2)14-12-6-4-3-5-7-12/h3-9,13H,1-2H2/b9-8-. The predicted octanol–water partition coefficient (Wildman–Crippen LogP) is 4.29. The summed E-state index contributed by atoms with van der Waals surface area (Å²) in [6.45, 7) is 7.58. The Labute approximate surface area is 94.8 Å². The van der Waals surface area contributed by atoms with E-state index in [1.807, 2.05) is 30.4 Å². The van der Waals surface area contributed by atoms with E-state index in [-0.39, 0.29) is 0 Å². The lowest BCUT2D eigenvalue weighted by molar-refractivity contribution is 1.47. The summed E-state index contributed by atoms with van der Waals surface area (Å²) in [5.74, 6) is 0. The van der Waals surface area contributed by atoms with Crippen LogP contribution >= 0.6 is 24.4 Å². The Hall–Kier alpha value is -0.860. The Bertz CT molecular complexity index is 350. The highest BCUT2D eigenvalue weighted by Crippen LogP contribution is 2.25. The van der Waals surface area contributed by atoms with Crippen LogP contribution in [0.4, 0.5) is 0 Å². The van der Waals surface area contributed by atoms with E-state index in [1.165, 1.54) is 4.90 Å². The molecule has 0 spiro atoms. The predicted molar refractivity (Wildman–Crippen MR) is 68.7 cm³/mol. The molecule has 0 amide bonds. The van der Waals surface area contributed by atoms with Crippen molar-refractivity contribution in [2.45, 2.75) is 4.90 Å². The maximum atomic E-state index is 4.07. The highest BCUT2D eigenvalue weighted by atomic mass is 32.2. The molecule has 0 heterocycles. The van der Waals surface area contributed by atoms with Gasteiger partial charge in [0, 0.05) is 9.80 Å². The number of hydrogen-bond acceptors (Lipinski definition) is 2. The molecule has 72 valence electrons. The summed E-state index contributed by atoms with van der Waals surface area (Å²) >= 11 is 5.70. The minimum Gasteiger partial charge on any atom is -0.144 e. The molecular weight excluding hydrogens is 208 g/mol. The van der Waals surface area contributed by atoms with Gasteiger partial charge in [-0.15, -0.1) is 12.6 Å². The van der Waals surface area contributed by atoms with Crippen LogP contribution in [-0.2, 0) is 0 Å². The van der Waals surface area contributed by atoms with Gasteiger partial charge in [0.1, 0.15) is 0 Å². The molecule has 0 aliphatic heterocycles. The van der Waals surface area contributed by atoms with Crippen molar-refractivity contribution >= 4 is 24.4 Å². The van der Waals surface area contributed by atoms with Crippen LogP contribution in [-0.4, -0.2) is 0 Å². The number of hydrogen-bond donors (Lipinski definition) is 1. The molecule has 0 saturated heterocycles. The second kappa shape index (κ2) is 5.78. The molecule has 0 unspecified atom stereocenters. The van der Waals surface area contributed by atoms with Crippen molar-refractivity contribution in [2.75, 3.05) is 0 Å². The summed E-state index contributed by atoms with van der Waals surface area (Å²) in [5.41, 5.74) is 0. The van der Waals surface area contributed by atoms with Crippen LogP contribution in [0.2, 0.25) is 0 Å². The second-order valence-corrected chi connectivity index (χ2v) is 4.48. The minimum atomic E-state index is 0.736. The fraction of sp³-hybridized carbons (Fsp3) is 0. The van der Waals surface area contributed by atoms with Gasteiger partial charge in [0.25, 0.3) is 0 Å². The topological polar surface area (TPSA) is 0 Å². The first kappa shape index (κ1) is 11.2. The van der Waals surface area contributed by atoms with Gasteiger partial charge in [-0.3, -0.25) is 0 Å². The van der Waals surface area contributed by atoms with E-state index in [0.717, 1.165) is 9.81 Å². The van der Waals surface area contributed by atoms with E-state index in [1.54, 1.807) is 11.8 Å². The van der Waals surface area contributed by atoms with Gasteiger partial charge in [-0.05, 0) is 29.2 Å². The van der Waals surface area contributed by atoms with E-state index in [2.05, 4.69) is 37.9 Å². The molecule has 1 rings (SSSR count). The molecule has 0 aliphatic rings. The first-order chi connectivity index (χ1) is 6.68. The van der Waals surface area contributed by atoms with Gasteiger partial charge in [-0.2, -0.15) is 0 Å². The molecule has 2 heteroatoms. The summed E-state index contributed by atoms with van der Waals surface area (Å²) in [5, 5.41) is 0. The molecule has 0 bridgehead atoms. The first-order valence-corrected chi connectivity index (χ1v) is 5.42. The quantitative estimate of drug-likeness (QED) is 0.448. The largest absolute Gasteiger partial charge is 0.144 e. The zero-order valence-electron chi connectivity index (χ0n) is 7.81. The number of thiol groups is 1. The fourth-order valence-corrected chi connectivity index (χ4v) is 1.67. The molecule has 0 saturated carbocycles. The third-order valence-electron chi connectivity index (χ3n) is 1.45. The van der Waals surface area contributed by atoms with Crippen LogP contribution in [0.25, 0.3) is 0 Å². The molecule has 0 aromatic heterocycles. The molecule has 0 aliphatic carbocycles. The Kier molecular flexibility index (Phi) is 4.63. The van der Waals surface area contributed by atoms with Gasteiger partial charge in [-0.1, -0.05) is 43.1 Å². The number of allylic oxidation sites excluding steroid dienone is 2. The molecular formula is C12H12S2. The average Bonchev–Trinajstić information content (AvgIpc) is 2.16. The summed E-state index contributed by atoms with van der Waals surface area (Å²) in [6.07, 6.45) is 3.74. The highest BCUT2D eigenvalue weighted by Gasteiger charge is 1.92. The Morgan fingerprint density at radius 3 is 2.36 bits per heavy atom. The second-order valence-electron chi connectivity index (χ2n) is 2.71. The summed E-state index contributed by atoms with van der Waals surface area (Å²) < 4.78 is 0. The number of thioether (sulfide) groups is 1. The van der Waals surface area contributed by atoms with E-state index in [4.69, 9.17) is 0 Å². The monoisotopic (exact) mass is 220 g/mol. The molecule has 0 fully saturated rings. The zero-order valence-corrected chi connectivity index (χ0v) is 9.52. The maximum absolute atomic E-state index is 4.07. The first-order valence-electron chi connectivity index (χ1n) is 4.16. The Balaban J connectivity index is 2.54. The van der Waals surface area contributed by atoms with Crippen molar-refractivity contribution in [2.24, 2.45) is 0 Å². The molecule has 1 aromatic carbocycles. The summed E-state index contributed by atoms with van der Waals surface area (Å²) in [4.78, 5) is 2.90. The highest BCUT2D eigenvalue weighted by molar-refractivity contribution is 8.03. The Morgan fingerprint density at radius 1 is 1.14 bits per heavy atom. The van der Waals surface area contributed by atoms with Crippen molar-refractivity contribution in [1.29, 1.82) is 0 Å². The fourth-order valence-electron chi connectivity index (χ4n) is 0.863. The van der Waals surface area contributed by atoms with E-state index >= 15 is 0 Å². The van der Waals surface area contributed by atoms with Crippen molar-refractivity contribution in [3.05, 3.63) is 65.5 Å². The van der Waals surface area contributed by atoms with Crippen LogP contribution in [0.1, 0.15) is 0 Å². The SMILES string of the molecule is C=C(S)/C=C\C(=C)Sc1ccccc1. The van der Waals surface area contributed by atoms with E-state index in [9.17, 15) is 0 Å². The van der Waals surface area contributed by atoms with E-state index < -0.39 is 0 Å². The molecule has 0 nitrogen and oxygen atoms in total. The maximum Gasteiger partial charge on any atom is 0.0122 e. The van der Waals surface area contributed by atoms with Crippen molar-refractivity contribution in [3.63, 3.8) is 0 Å². The van der Waals surface area contributed by atoms with E-state index in [0.29, 0.717) is 0 Å². The van der Waals surface area contributed by atoms with Gasteiger partial charge in [0.15, 0.2) is 0 Å². The van der Waals surface area contributed by atoms with Gasteiger partial charge in [-0.25, -0.2) is 0 Å². The molecule has 0 radical (unpaired) electrons. The number of benzene rings is 1. The van der Waals surface area contributed by atoms with Crippen molar-refractivity contribution < 1.29 is 0 Å².